The molecule has 0 saturated carbocycles. The number of carboxylic acids is 1. The highest BCUT2D eigenvalue weighted by atomic mass is 79.9. The summed E-state index contributed by atoms with van der Waals surface area (Å²) >= 11 is 3.34. The van der Waals surface area contributed by atoms with E-state index in [9.17, 15) is 19.5 Å². The Kier molecular flexibility index (Phi) is 9.22. The van der Waals surface area contributed by atoms with E-state index in [1.807, 2.05) is 60.7 Å². The van der Waals surface area contributed by atoms with Crippen molar-refractivity contribution >= 4 is 33.9 Å². The Balaban J connectivity index is 1.68. The lowest BCUT2D eigenvalue weighted by Gasteiger charge is -2.21. The first-order chi connectivity index (χ1) is 16.4. The molecule has 0 aromatic heterocycles. The normalized spacial score (nSPS) is 12.3. The van der Waals surface area contributed by atoms with Gasteiger partial charge in [-0.05, 0) is 28.8 Å². The topological polar surface area (TPSA) is 105 Å². The van der Waals surface area contributed by atoms with Crippen molar-refractivity contribution in [3.05, 3.63) is 106 Å². The SMILES string of the molecule is O=C(N[C@H](Cc1ccccc1)C(=O)N[C@@H](Cc1ccc(Br)cc1)C(=O)O)OCc1ccccc1. The maximum absolute atomic E-state index is 13.1. The number of halogens is 1. The van der Waals surface area contributed by atoms with E-state index in [2.05, 4.69) is 26.6 Å². The molecule has 0 aliphatic carbocycles. The molecule has 7 nitrogen and oxygen atoms in total. The summed E-state index contributed by atoms with van der Waals surface area (Å²) in [6, 6.07) is 23.3. The van der Waals surface area contributed by atoms with Gasteiger partial charge in [0.2, 0.25) is 5.91 Å². The van der Waals surface area contributed by atoms with Gasteiger partial charge in [0.15, 0.2) is 0 Å². The average Bonchev–Trinajstić information content (AvgIpc) is 2.84. The van der Waals surface area contributed by atoms with Crippen molar-refractivity contribution in [1.82, 2.24) is 10.6 Å². The van der Waals surface area contributed by atoms with Gasteiger partial charge in [0.05, 0.1) is 0 Å². The van der Waals surface area contributed by atoms with E-state index in [1.165, 1.54) is 0 Å². The molecule has 0 bridgehead atoms. The van der Waals surface area contributed by atoms with E-state index in [-0.39, 0.29) is 19.4 Å². The lowest BCUT2D eigenvalue weighted by atomic mass is 10.0. The van der Waals surface area contributed by atoms with Crippen molar-refractivity contribution in [1.29, 1.82) is 0 Å². The molecular weight excluding hydrogens is 500 g/mol. The van der Waals surface area contributed by atoms with E-state index < -0.39 is 30.1 Å². The zero-order chi connectivity index (χ0) is 24.3. The maximum Gasteiger partial charge on any atom is 0.408 e. The van der Waals surface area contributed by atoms with Gasteiger partial charge in [0.1, 0.15) is 18.7 Å². The van der Waals surface area contributed by atoms with Crippen molar-refractivity contribution in [2.45, 2.75) is 31.5 Å². The molecule has 176 valence electrons. The molecule has 0 spiro atoms. The van der Waals surface area contributed by atoms with Gasteiger partial charge in [-0.2, -0.15) is 0 Å². The molecule has 34 heavy (non-hydrogen) atoms. The highest BCUT2D eigenvalue weighted by molar-refractivity contribution is 9.10. The van der Waals surface area contributed by atoms with Crippen LogP contribution < -0.4 is 10.6 Å². The van der Waals surface area contributed by atoms with Crippen LogP contribution in [0.2, 0.25) is 0 Å². The molecule has 0 aliphatic rings. The second-order valence-electron chi connectivity index (χ2n) is 7.68. The minimum absolute atomic E-state index is 0.0493. The zero-order valence-corrected chi connectivity index (χ0v) is 19.9. The standard InChI is InChI=1S/C26H25BrN2O5/c27-21-13-11-19(12-14-21)16-23(25(31)32)28-24(30)22(15-18-7-3-1-4-8-18)29-26(33)34-17-20-9-5-2-6-10-20/h1-14,22-23H,15-17H2,(H,28,30)(H,29,33)(H,31,32)/t22-,23+/m1/s1. The van der Waals surface area contributed by atoms with Crippen LogP contribution in [0.4, 0.5) is 4.79 Å². The number of amides is 2. The van der Waals surface area contributed by atoms with Crippen molar-refractivity contribution in [2.24, 2.45) is 0 Å². The fourth-order valence-corrected chi connectivity index (χ4v) is 3.56. The maximum atomic E-state index is 13.1. The number of hydrogen-bond donors (Lipinski definition) is 3. The summed E-state index contributed by atoms with van der Waals surface area (Å²) in [5.41, 5.74) is 2.37. The highest BCUT2D eigenvalue weighted by Gasteiger charge is 2.27. The van der Waals surface area contributed by atoms with E-state index in [1.54, 1.807) is 24.3 Å². The van der Waals surface area contributed by atoms with Crippen LogP contribution in [0.3, 0.4) is 0 Å². The Labute approximate surface area is 206 Å². The number of hydrogen-bond acceptors (Lipinski definition) is 4. The summed E-state index contributed by atoms with van der Waals surface area (Å²) in [5, 5.41) is 14.8. The summed E-state index contributed by atoms with van der Waals surface area (Å²) in [6.45, 7) is 0.0493. The lowest BCUT2D eigenvalue weighted by molar-refractivity contribution is -0.142. The van der Waals surface area contributed by atoms with Crippen molar-refractivity contribution in [3.8, 4) is 0 Å². The minimum atomic E-state index is -1.17. The van der Waals surface area contributed by atoms with Crippen molar-refractivity contribution in [2.75, 3.05) is 0 Å². The van der Waals surface area contributed by atoms with Gasteiger partial charge in [0.25, 0.3) is 0 Å². The molecule has 8 heteroatoms. The molecule has 0 heterocycles. The number of nitrogens with one attached hydrogen (secondary N) is 2. The van der Waals surface area contributed by atoms with Crippen LogP contribution in [0.5, 0.6) is 0 Å². The van der Waals surface area contributed by atoms with Crippen LogP contribution in [0.1, 0.15) is 16.7 Å². The van der Waals surface area contributed by atoms with Crippen LogP contribution in [0, 0.1) is 0 Å². The number of carbonyl (C=O) groups excluding carboxylic acids is 2. The monoisotopic (exact) mass is 524 g/mol. The highest BCUT2D eigenvalue weighted by Crippen LogP contribution is 2.13. The molecule has 3 rings (SSSR count). The zero-order valence-electron chi connectivity index (χ0n) is 18.3. The van der Waals surface area contributed by atoms with Crippen LogP contribution in [-0.4, -0.2) is 35.2 Å². The Morgan fingerprint density at radius 1 is 0.735 bits per heavy atom. The molecular formula is C26H25BrN2O5. The molecule has 0 unspecified atom stereocenters. The first-order valence-corrected chi connectivity index (χ1v) is 11.5. The van der Waals surface area contributed by atoms with E-state index in [0.29, 0.717) is 0 Å². The summed E-state index contributed by atoms with van der Waals surface area (Å²) in [4.78, 5) is 37.3. The van der Waals surface area contributed by atoms with Crippen LogP contribution in [0.25, 0.3) is 0 Å². The molecule has 2 amide bonds. The van der Waals surface area contributed by atoms with Gasteiger partial charge in [0, 0.05) is 17.3 Å². The van der Waals surface area contributed by atoms with Crippen LogP contribution >= 0.6 is 15.9 Å². The molecule has 2 atom stereocenters. The summed E-state index contributed by atoms with van der Waals surface area (Å²) in [7, 11) is 0. The number of carboxylic acid groups (broad SMARTS) is 1. The van der Waals surface area contributed by atoms with Crippen LogP contribution in [-0.2, 0) is 33.8 Å². The van der Waals surface area contributed by atoms with Gasteiger partial charge in [-0.1, -0.05) is 88.7 Å². The first kappa shape index (κ1) is 25.0. The van der Waals surface area contributed by atoms with E-state index in [4.69, 9.17) is 4.74 Å². The third-order valence-corrected chi connectivity index (χ3v) is 5.60. The largest absolute Gasteiger partial charge is 0.480 e. The fraction of sp³-hybridized carbons (Fsp3) is 0.192. The summed E-state index contributed by atoms with van der Waals surface area (Å²) in [5.74, 6) is -1.77. The molecule has 0 saturated heterocycles. The van der Waals surface area contributed by atoms with Crippen LogP contribution in [0.15, 0.2) is 89.4 Å². The predicted molar refractivity (Wildman–Crippen MR) is 131 cm³/mol. The molecule has 0 aliphatic heterocycles. The second-order valence-corrected chi connectivity index (χ2v) is 8.59. The van der Waals surface area contributed by atoms with Gasteiger partial charge >= 0.3 is 12.1 Å². The van der Waals surface area contributed by atoms with Gasteiger partial charge in [-0.15, -0.1) is 0 Å². The number of ether oxygens (including phenoxy) is 1. The predicted octanol–water partition coefficient (Wildman–Crippen LogP) is 4.10. The number of alkyl carbamates (subject to hydrolysis) is 1. The summed E-state index contributed by atoms with van der Waals surface area (Å²) < 4.78 is 6.12. The summed E-state index contributed by atoms with van der Waals surface area (Å²) in [6.07, 6.45) is -0.484. The smallest absolute Gasteiger partial charge is 0.408 e. The molecule has 3 aromatic carbocycles. The van der Waals surface area contributed by atoms with Crippen molar-refractivity contribution < 1.29 is 24.2 Å². The number of benzene rings is 3. The lowest BCUT2D eigenvalue weighted by Crippen LogP contribution is -2.53. The fourth-order valence-electron chi connectivity index (χ4n) is 3.29. The van der Waals surface area contributed by atoms with E-state index in [0.717, 1.165) is 21.2 Å². The third-order valence-electron chi connectivity index (χ3n) is 5.07. The van der Waals surface area contributed by atoms with Crippen molar-refractivity contribution in [3.63, 3.8) is 0 Å². The number of carbonyl (C=O) groups is 3. The Morgan fingerprint density at radius 3 is 1.85 bits per heavy atom. The first-order valence-electron chi connectivity index (χ1n) is 10.7. The molecule has 3 N–H and O–H groups in total. The molecule has 0 radical (unpaired) electrons. The second kappa shape index (κ2) is 12.6. The Morgan fingerprint density at radius 2 is 1.26 bits per heavy atom. The van der Waals surface area contributed by atoms with Gasteiger partial charge < -0.3 is 20.5 Å². The average molecular weight is 525 g/mol. The van der Waals surface area contributed by atoms with E-state index >= 15 is 0 Å². The van der Waals surface area contributed by atoms with Gasteiger partial charge in [-0.3, -0.25) is 4.79 Å². The Hall–Kier alpha value is -3.65. The number of aliphatic carboxylic acids is 1. The molecule has 0 fully saturated rings. The Bertz CT molecular complexity index is 1090. The molecule has 3 aromatic rings. The van der Waals surface area contributed by atoms with Gasteiger partial charge in [-0.25, -0.2) is 9.59 Å². The minimum Gasteiger partial charge on any atom is -0.480 e. The number of rotatable bonds is 10. The third kappa shape index (κ3) is 8.04. The quantitative estimate of drug-likeness (QED) is 0.370.